The van der Waals surface area contributed by atoms with Crippen LogP contribution in [0.4, 0.5) is 0 Å². The number of hydrogen-bond acceptors (Lipinski definition) is 3. The molecule has 0 saturated carbocycles. The monoisotopic (exact) mass is 310 g/mol. The normalized spacial score (nSPS) is 18.3. The largest absolute Gasteiger partial charge is 0.489 e. The lowest BCUT2D eigenvalue weighted by Crippen LogP contribution is -2.29. The van der Waals surface area contributed by atoms with Gasteiger partial charge >= 0.3 is 0 Å². The molecule has 23 heavy (non-hydrogen) atoms. The van der Waals surface area contributed by atoms with Crippen molar-refractivity contribution in [3.05, 3.63) is 65.2 Å². The average Bonchev–Trinajstić information content (AvgIpc) is 3.03. The summed E-state index contributed by atoms with van der Waals surface area (Å²) >= 11 is 0. The summed E-state index contributed by atoms with van der Waals surface area (Å²) in [4.78, 5) is 2.50. The van der Waals surface area contributed by atoms with Crippen LogP contribution in [0.5, 0.6) is 5.75 Å². The number of hydrogen-bond donors (Lipinski definition) is 1. The quantitative estimate of drug-likeness (QED) is 0.885. The minimum atomic E-state index is 0.627. The molecule has 1 heterocycles. The van der Waals surface area contributed by atoms with Crippen LogP contribution in [0.25, 0.3) is 0 Å². The maximum absolute atomic E-state index is 5.91. The van der Waals surface area contributed by atoms with Gasteiger partial charge < -0.3 is 10.1 Å². The second-order valence-electron chi connectivity index (χ2n) is 6.37. The van der Waals surface area contributed by atoms with Gasteiger partial charge in [-0.3, -0.25) is 4.90 Å². The van der Waals surface area contributed by atoms with Crippen LogP contribution in [0.2, 0.25) is 0 Å². The maximum atomic E-state index is 5.91. The van der Waals surface area contributed by atoms with Gasteiger partial charge in [0.05, 0.1) is 0 Å². The molecule has 2 aromatic carbocycles. The average molecular weight is 310 g/mol. The highest BCUT2D eigenvalue weighted by atomic mass is 16.5. The van der Waals surface area contributed by atoms with Gasteiger partial charge in [-0.25, -0.2) is 0 Å². The van der Waals surface area contributed by atoms with Crippen molar-refractivity contribution in [1.29, 1.82) is 0 Å². The van der Waals surface area contributed by atoms with Crippen LogP contribution in [0.3, 0.4) is 0 Å². The predicted molar refractivity (Wildman–Crippen MR) is 94.7 cm³/mol. The minimum absolute atomic E-state index is 0.627. The molecule has 122 valence electrons. The molecule has 1 fully saturated rings. The fraction of sp³-hybridized carbons (Fsp3) is 0.400. The molecule has 3 rings (SSSR count). The predicted octanol–water partition coefficient (Wildman–Crippen LogP) is 3.37. The Balaban J connectivity index is 1.52. The first-order valence-electron chi connectivity index (χ1n) is 8.40. The fourth-order valence-corrected chi connectivity index (χ4v) is 3.09. The number of ether oxygens (including phenoxy) is 1. The van der Waals surface area contributed by atoms with E-state index in [4.69, 9.17) is 4.74 Å². The summed E-state index contributed by atoms with van der Waals surface area (Å²) in [5.74, 6) is 0.937. The lowest BCUT2D eigenvalue weighted by molar-refractivity contribution is 0.304. The molecule has 1 atom stereocenters. The smallest absolute Gasteiger partial charge is 0.119 e. The van der Waals surface area contributed by atoms with Crippen molar-refractivity contribution in [2.24, 2.45) is 0 Å². The number of rotatable bonds is 6. The third-order valence-corrected chi connectivity index (χ3v) is 4.67. The molecular weight excluding hydrogens is 284 g/mol. The van der Waals surface area contributed by atoms with E-state index in [1.165, 1.54) is 29.7 Å². The first-order valence-corrected chi connectivity index (χ1v) is 8.40. The van der Waals surface area contributed by atoms with Crippen molar-refractivity contribution < 1.29 is 4.74 Å². The van der Waals surface area contributed by atoms with Crippen molar-refractivity contribution in [3.63, 3.8) is 0 Å². The fourth-order valence-electron chi connectivity index (χ4n) is 3.09. The lowest BCUT2D eigenvalue weighted by atomic mass is 10.1. The molecule has 1 aliphatic rings. The SMILES string of the molecule is CN[C@@H]1CCN(Cc2ccc(OCc3ccccc3C)cc2)C1. The van der Waals surface area contributed by atoms with Gasteiger partial charge in [-0.15, -0.1) is 0 Å². The molecule has 0 aromatic heterocycles. The Kier molecular flexibility index (Phi) is 5.31. The Labute approximate surface area is 139 Å². The lowest BCUT2D eigenvalue weighted by Gasteiger charge is -2.16. The Bertz CT molecular complexity index is 624. The first kappa shape index (κ1) is 16.0. The van der Waals surface area contributed by atoms with Crippen LogP contribution >= 0.6 is 0 Å². The van der Waals surface area contributed by atoms with Crippen LogP contribution in [-0.4, -0.2) is 31.1 Å². The van der Waals surface area contributed by atoms with Crippen molar-refractivity contribution in [1.82, 2.24) is 10.2 Å². The van der Waals surface area contributed by atoms with Crippen molar-refractivity contribution in [2.75, 3.05) is 20.1 Å². The molecule has 0 unspecified atom stereocenters. The van der Waals surface area contributed by atoms with Crippen LogP contribution in [-0.2, 0) is 13.2 Å². The Hall–Kier alpha value is -1.84. The van der Waals surface area contributed by atoms with Crippen LogP contribution in [0, 0.1) is 6.92 Å². The number of likely N-dealkylation sites (tertiary alicyclic amines) is 1. The van der Waals surface area contributed by atoms with Gasteiger partial charge in [-0.05, 0) is 49.2 Å². The molecule has 1 aliphatic heterocycles. The Morgan fingerprint density at radius 2 is 1.91 bits per heavy atom. The van der Waals surface area contributed by atoms with Crippen LogP contribution in [0.1, 0.15) is 23.1 Å². The summed E-state index contributed by atoms with van der Waals surface area (Å²) in [6, 6.07) is 17.5. The standard InChI is InChI=1S/C20H26N2O/c1-16-5-3-4-6-18(16)15-23-20-9-7-17(8-10-20)13-22-12-11-19(14-22)21-2/h3-10,19,21H,11-15H2,1-2H3/t19-/m1/s1. The second-order valence-corrected chi connectivity index (χ2v) is 6.37. The summed E-state index contributed by atoms with van der Waals surface area (Å²) in [6.07, 6.45) is 1.24. The summed E-state index contributed by atoms with van der Waals surface area (Å²) in [5, 5.41) is 3.36. The van der Waals surface area contributed by atoms with E-state index in [-0.39, 0.29) is 0 Å². The Morgan fingerprint density at radius 1 is 1.13 bits per heavy atom. The molecule has 2 aromatic rings. The number of aryl methyl sites for hydroxylation is 1. The molecule has 0 spiro atoms. The van der Waals surface area contributed by atoms with E-state index < -0.39 is 0 Å². The number of nitrogens with one attached hydrogen (secondary N) is 1. The summed E-state index contributed by atoms with van der Waals surface area (Å²) < 4.78 is 5.91. The van der Waals surface area contributed by atoms with E-state index in [1.807, 2.05) is 0 Å². The van der Waals surface area contributed by atoms with E-state index in [0.717, 1.165) is 18.8 Å². The topological polar surface area (TPSA) is 24.5 Å². The molecular formula is C20H26N2O. The Morgan fingerprint density at radius 3 is 2.61 bits per heavy atom. The molecule has 0 bridgehead atoms. The first-order chi connectivity index (χ1) is 11.2. The van der Waals surface area contributed by atoms with Gasteiger partial charge in [0.25, 0.3) is 0 Å². The van der Waals surface area contributed by atoms with Gasteiger partial charge in [0.1, 0.15) is 12.4 Å². The molecule has 3 heteroatoms. The summed E-state index contributed by atoms with van der Waals surface area (Å²) in [5.41, 5.74) is 3.87. The van der Waals surface area contributed by atoms with E-state index in [1.54, 1.807) is 0 Å². The van der Waals surface area contributed by atoms with Crippen LogP contribution < -0.4 is 10.1 Å². The van der Waals surface area contributed by atoms with Crippen LogP contribution in [0.15, 0.2) is 48.5 Å². The van der Waals surface area contributed by atoms with E-state index in [9.17, 15) is 0 Å². The number of nitrogens with zero attached hydrogens (tertiary/aromatic N) is 1. The van der Waals surface area contributed by atoms with Gasteiger partial charge in [0, 0.05) is 25.7 Å². The van der Waals surface area contributed by atoms with Gasteiger partial charge in [0.2, 0.25) is 0 Å². The zero-order valence-corrected chi connectivity index (χ0v) is 14.1. The van der Waals surface area contributed by atoms with E-state index in [2.05, 4.69) is 72.7 Å². The van der Waals surface area contributed by atoms with Crippen molar-refractivity contribution in [2.45, 2.75) is 32.5 Å². The summed E-state index contributed by atoms with van der Waals surface area (Å²) in [7, 11) is 2.05. The minimum Gasteiger partial charge on any atom is -0.489 e. The van der Waals surface area contributed by atoms with Gasteiger partial charge in [0.15, 0.2) is 0 Å². The third kappa shape index (κ3) is 4.34. The zero-order valence-electron chi connectivity index (χ0n) is 14.1. The molecule has 3 nitrogen and oxygen atoms in total. The second kappa shape index (κ2) is 7.62. The van der Waals surface area contributed by atoms with Gasteiger partial charge in [-0.1, -0.05) is 36.4 Å². The number of benzene rings is 2. The highest BCUT2D eigenvalue weighted by Gasteiger charge is 2.20. The van der Waals surface area contributed by atoms with Crippen molar-refractivity contribution in [3.8, 4) is 5.75 Å². The van der Waals surface area contributed by atoms with Gasteiger partial charge in [-0.2, -0.15) is 0 Å². The molecule has 0 radical (unpaired) electrons. The third-order valence-electron chi connectivity index (χ3n) is 4.67. The molecule has 1 saturated heterocycles. The maximum Gasteiger partial charge on any atom is 0.119 e. The number of likely N-dealkylation sites (N-methyl/N-ethyl adjacent to an activating group) is 1. The van der Waals surface area contributed by atoms with E-state index >= 15 is 0 Å². The van der Waals surface area contributed by atoms with Crippen molar-refractivity contribution >= 4 is 0 Å². The molecule has 0 aliphatic carbocycles. The molecule has 0 amide bonds. The summed E-state index contributed by atoms with van der Waals surface area (Å²) in [6.45, 7) is 6.09. The molecule has 1 N–H and O–H groups in total. The highest BCUT2D eigenvalue weighted by molar-refractivity contribution is 5.29. The van der Waals surface area contributed by atoms with E-state index in [0.29, 0.717) is 12.6 Å². The highest BCUT2D eigenvalue weighted by Crippen LogP contribution is 2.18. The zero-order chi connectivity index (χ0) is 16.1.